The molecule has 3 N–H and O–H groups in total. The van der Waals surface area contributed by atoms with Gasteiger partial charge >= 0.3 is 0 Å². The van der Waals surface area contributed by atoms with E-state index in [9.17, 15) is 4.79 Å². The topological polar surface area (TPSA) is 67.6 Å². The second kappa shape index (κ2) is 4.76. The summed E-state index contributed by atoms with van der Waals surface area (Å²) in [6.07, 6.45) is 0. The molecule has 1 aromatic carbocycles. The van der Waals surface area contributed by atoms with Crippen molar-refractivity contribution in [2.75, 3.05) is 12.0 Å². The van der Waals surface area contributed by atoms with E-state index in [2.05, 4.69) is 5.43 Å². The molecule has 0 spiro atoms. The number of nitrogen functional groups attached to an aromatic ring is 1. The van der Waals surface area contributed by atoms with Crippen LogP contribution in [0.3, 0.4) is 0 Å². The van der Waals surface area contributed by atoms with Gasteiger partial charge in [0.15, 0.2) is 0 Å². The lowest BCUT2D eigenvalue weighted by Crippen LogP contribution is -2.30. The number of hydroxylamine groups is 2. The number of nitrogens with two attached hydrogens (primary N) is 1. The molecule has 1 aliphatic heterocycles. The molecule has 0 atom stereocenters. The lowest BCUT2D eigenvalue weighted by atomic mass is 9.95. The number of anilines is 1. The number of nitrogens with zero attached hydrogens (tertiary/aromatic N) is 1. The highest BCUT2D eigenvalue weighted by Gasteiger charge is 2.40. The van der Waals surface area contributed by atoms with E-state index in [1.54, 1.807) is 12.1 Å². The molecule has 1 saturated heterocycles. The molecular formula is C12H16ClN3O2. The number of hydrazine groups is 1. The van der Waals surface area contributed by atoms with Crippen molar-refractivity contribution in [3.63, 3.8) is 0 Å². The van der Waals surface area contributed by atoms with E-state index in [1.165, 1.54) is 5.06 Å². The zero-order chi connectivity index (χ0) is 13.3. The van der Waals surface area contributed by atoms with Gasteiger partial charge in [0.1, 0.15) is 0 Å². The lowest BCUT2D eigenvalue weighted by molar-refractivity contribution is -0.165. The normalized spacial score (nSPS) is 18.2. The summed E-state index contributed by atoms with van der Waals surface area (Å²) in [6.45, 7) is 4.45. The third-order valence-electron chi connectivity index (χ3n) is 2.92. The third kappa shape index (κ3) is 2.43. The summed E-state index contributed by atoms with van der Waals surface area (Å²) in [5.41, 5.74) is 3.59. The SMILES string of the molecule is CC1(C)CON(Cc2ccc(NN)cc2Cl)C1=O. The van der Waals surface area contributed by atoms with E-state index in [1.807, 2.05) is 19.9 Å². The molecule has 1 amide bonds. The maximum absolute atomic E-state index is 12.0. The van der Waals surface area contributed by atoms with Crippen LogP contribution < -0.4 is 11.3 Å². The Balaban J connectivity index is 2.13. The zero-order valence-electron chi connectivity index (χ0n) is 10.4. The fraction of sp³-hybridized carbons (Fsp3) is 0.417. The van der Waals surface area contributed by atoms with Gasteiger partial charge in [-0.2, -0.15) is 0 Å². The summed E-state index contributed by atoms with van der Waals surface area (Å²) >= 11 is 6.12. The predicted octanol–water partition coefficient (Wildman–Crippen LogP) is 1.93. The summed E-state index contributed by atoms with van der Waals surface area (Å²) in [7, 11) is 0. The Morgan fingerprint density at radius 3 is 2.78 bits per heavy atom. The largest absolute Gasteiger partial charge is 0.324 e. The molecule has 6 heteroatoms. The van der Waals surface area contributed by atoms with Gasteiger partial charge in [0.25, 0.3) is 5.91 Å². The van der Waals surface area contributed by atoms with Crippen molar-refractivity contribution in [1.29, 1.82) is 0 Å². The number of hydrogen-bond acceptors (Lipinski definition) is 4. The van der Waals surface area contributed by atoms with Crippen LogP contribution in [-0.4, -0.2) is 17.6 Å². The summed E-state index contributed by atoms with van der Waals surface area (Å²) in [5.74, 6) is 5.26. The van der Waals surface area contributed by atoms with Crippen LogP contribution in [0.5, 0.6) is 0 Å². The van der Waals surface area contributed by atoms with Crippen LogP contribution in [-0.2, 0) is 16.2 Å². The van der Waals surface area contributed by atoms with Crippen LogP contribution in [0.1, 0.15) is 19.4 Å². The maximum Gasteiger partial charge on any atom is 0.254 e. The van der Waals surface area contributed by atoms with Gasteiger partial charge < -0.3 is 5.43 Å². The molecule has 1 aromatic rings. The Labute approximate surface area is 111 Å². The van der Waals surface area contributed by atoms with Gasteiger partial charge in [-0.25, -0.2) is 5.06 Å². The lowest BCUT2D eigenvalue weighted by Gasteiger charge is -2.17. The van der Waals surface area contributed by atoms with Crippen LogP contribution >= 0.6 is 11.6 Å². The highest BCUT2D eigenvalue weighted by atomic mass is 35.5. The van der Waals surface area contributed by atoms with Gasteiger partial charge in [-0.05, 0) is 31.5 Å². The van der Waals surface area contributed by atoms with Crippen LogP contribution in [0.25, 0.3) is 0 Å². The average molecular weight is 270 g/mol. The fourth-order valence-electron chi connectivity index (χ4n) is 1.73. The van der Waals surface area contributed by atoms with E-state index in [4.69, 9.17) is 22.3 Å². The Morgan fingerprint density at radius 1 is 1.56 bits per heavy atom. The van der Waals surface area contributed by atoms with Gasteiger partial charge in [-0.3, -0.25) is 15.5 Å². The quantitative estimate of drug-likeness (QED) is 0.650. The summed E-state index contributed by atoms with van der Waals surface area (Å²) < 4.78 is 0. The number of carbonyl (C=O) groups excluding carboxylic acids is 1. The molecule has 2 rings (SSSR count). The van der Waals surface area contributed by atoms with Gasteiger partial charge in [0, 0.05) is 10.7 Å². The minimum Gasteiger partial charge on any atom is -0.324 e. The van der Waals surface area contributed by atoms with Gasteiger partial charge in [0.05, 0.1) is 18.6 Å². The second-order valence-electron chi connectivity index (χ2n) is 4.95. The molecule has 0 radical (unpaired) electrons. The molecule has 5 nitrogen and oxygen atoms in total. The van der Waals surface area contributed by atoms with E-state index in [-0.39, 0.29) is 5.91 Å². The van der Waals surface area contributed by atoms with Crippen molar-refractivity contribution < 1.29 is 9.63 Å². The molecule has 0 aromatic heterocycles. The van der Waals surface area contributed by atoms with Crippen LogP contribution in [0.2, 0.25) is 5.02 Å². The summed E-state index contributed by atoms with van der Waals surface area (Å²) in [4.78, 5) is 17.4. The molecular weight excluding hydrogens is 254 g/mol. The first kappa shape index (κ1) is 13.1. The highest BCUT2D eigenvalue weighted by molar-refractivity contribution is 6.31. The Kier molecular flexibility index (Phi) is 3.47. The van der Waals surface area contributed by atoms with Crippen molar-refractivity contribution in [2.45, 2.75) is 20.4 Å². The van der Waals surface area contributed by atoms with E-state index in [0.29, 0.717) is 18.2 Å². The zero-order valence-corrected chi connectivity index (χ0v) is 11.1. The van der Waals surface area contributed by atoms with E-state index in [0.717, 1.165) is 11.3 Å². The number of carbonyl (C=O) groups is 1. The fourth-order valence-corrected chi connectivity index (χ4v) is 1.98. The number of hydrogen-bond donors (Lipinski definition) is 2. The van der Waals surface area contributed by atoms with Crippen LogP contribution in [0.15, 0.2) is 18.2 Å². The second-order valence-corrected chi connectivity index (χ2v) is 5.36. The standard InChI is InChI=1S/C12H16ClN3O2/c1-12(2)7-18-16(11(12)17)6-8-3-4-9(15-14)5-10(8)13/h3-5,15H,6-7,14H2,1-2H3. The first-order chi connectivity index (χ1) is 8.44. The molecule has 1 heterocycles. The van der Waals surface area contributed by atoms with Crippen molar-refractivity contribution in [3.05, 3.63) is 28.8 Å². The predicted molar refractivity (Wildman–Crippen MR) is 69.5 cm³/mol. The maximum atomic E-state index is 12.0. The molecule has 1 aliphatic rings. The number of amides is 1. The first-order valence-electron chi connectivity index (χ1n) is 5.64. The van der Waals surface area contributed by atoms with E-state index >= 15 is 0 Å². The van der Waals surface area contributed by atoms with Crippen molar-refractivity contribution in [3.8, 4) is 0 Å². The Bertz CT molecular complexity index is 476. The first-order valence-corrected chi connectivity index (χ1v) is 6.02. The van der Waals surface area contributed by atoms with Crippen LogP contribution in [0.4, 0.5) is 5.69 Å². The molecule has 98 valence electrons. The molecule has 0 unspecified atom stereocenters. The number of nitrogens with one attached hydrogen (secondary N) is 1. The Morgan fingerprint density at radius 2 is 2.28 bits per heavy atom. The minimum atomic E-state index is -0.467. The number of rotatable bonds is 3. The smallest absolute Gasteiger partial charge is 0.254 e. The monoisotopic (exact) mass is 269 g/mol. The molecule has 18 heavy (non-hydrogen) atoms. The van der Waals surface area contributed by atoms with Crippen molar-refractivity contribution in [1.82, 2.24) is 5.06 Å². The molecule has 1 fully saturated rings. The highest BCUT2D eigenvalue weighted by Crippen LogP contribution is 2.30. The van der Waals surface area contributed by atoms with Crippen molar-refractivity contribution >= 4 is 23.2 Å². The molecule has 0 bridgehead atoms. The Hall–Kier alpha value is -1.30. The summed E-state index contributed by atoms with van der Waals surface area (Å²) in [5, 5.41) is 1.91. The van der Waals surface area contributed by atoms with Gasteiger partial charge in [-0.1, -0.05) is 17.7 Å². The van der Waals surface area contributed by atoms with Gasteiger partial charge in [0.2, 0.25) is 0 Å². The summed E-state index contributed by atoms with van der Waals surface area (Å²) in [6, 6.07) is 5.33. The van der Waals surface area contributed by atoms with Crippen LogP contribution in [0, 0.1) is 5.41 Å². The third-order valence-corrected chi connectivity index (χ3v) is 3.27. The number of halogens is 1. The minimum absolute atomic E-state index is 0.0282. The average Bonchev–Trinajstić information content (AvgIpc) is 2.58. The number of benzene rings is 1. The molecule has 0 aliphatic carbocycles. The molecule has 0 saturated carbocycles. The van der Waals surface area contributed by atoms with Gasteiger partial charge in [-0.15, -0.1) is 0 Å². The van der Waals surface area contributed by atoms with Crippen molar-refractivity contribution in [2.24, 2.45) is 11.3 Å². The van der Waals surface area contributed by atoms with E-state index < -0.39 is 5.41 Å².